The summed E-state index contributed by atoms with van der Waals surface area (Å²) < 4.78 is 13.0. The van der Waals surface area contributed by atoms with Crippen LogP contribution in [0.25, 0.3) is 0 Å². The number of aromatic nitrogens is 2. The van der Waals surface area contributed by atoms with Gasteiger partial charge in [0, 0.05) is 38.6 Å². The van der Waals surface area contributed by atoms with Crippen molar-refractivity contribution in [2.75, 3.05) is 40.4 Å². The van der Waals surface area contributed by atoms with Gasteiger partial charge in [0.05, 0.1) is 26.6 Å². The van der Waals surface area contributed by atoms with E-state index in [-0.39, 0.29) is 24.0 Å². The molecule has 0 amide bonds. The van der Waals surface area contributed by atoms with Gasteiger partial charge in [0.2, 0.25) is 0 Å². The molecule has 2 atom stereocenters. The summed E-state index contributed by atoms with van der Waals surface area (Å²) in [6.07, 6.45) is 8.95. The molecule has 1 aliphatic rings. The second-order valence-electron chi connectivity index (χ2n) is 7.82. The van der Waals surface area contributed by atoms with E-state index in [0.29, 0.717) is 12.0 Å². The van der Waals surface area contributed by atoms with Crippen molar-refractivity contribution < 1.29 is 9.47 Å². The van der Waals surface area contributed by atoms with Crippen LogP contribution in [0.2, 0.25) is 0 Å². The van der Waals surface area contributed by atoms with E-state index < -0.39 is 0 Å². The number of piperidine rings is 1. The SMILES string of the molecule is CCNC(=NCCCc1ccc(OC)c(OC)c1)N1CCC(C)C(n2ccnc2)C1.I. The van der Waals surface area contributed by atoms with Crippen LogP contribution in [0.1, 0.15) is 38.3 Å². The Hall–Kier alpha value is -1.97. The second-order valence-corrected chi connectivity index (χ2v) is 7.82. The Bertz CT molecular complexity index is 812. The van der Waals surface area contributed by atoms with Crippen LogP contribution in [-0.4, -0.2) is 60.8 Å². The third-order valence-corrected chi connectivity index (χ3v) is 5.79. The molecule has 2 unspecified atom stereocenters. The van der Waals surface area contributed by atoms with E-state index in [4.69, 9.17) is 14.5 Å². The molecule has 1 saturated heterocycles. The van der Waals surface area contributed by atoms with E-state index in [9.17, 15) is 0 Å². The number of likely N-dealkylation sites (tertiary alicyclic amines) is 1. The molecule has 1 aliphatic heterocycles. The van der Waals surface area contributed by atoms with Crippen molar-refractivity contribution in [1.82, 2.24) is 19.8 Å². The van der Waals surface area contributed by atoms with Crippen molar-refractivity contribution in [2.45, 2.75) is 39.2 Å². The number of ether oxygens (including phenoxy) is 2. The highest BCUT2D eigenvalue weighted by Gasteiger charge is 2.28. The van der Waals surface area contributed by atoms with Gasteiger partial charge < -0.3 is 24.3 Å². The number of guanidine groups is 1. The van der Waals surface area contributed by atoms with Gasteiger partial charge in [-0.15, -0.1) is 24.0 Å². The molecule has 0 bridgehead atoms. The van der Waals surface area contributed by atoms with Gasteiger partial charge in [-0.1, -0.05) is 13.0 Å². The molecular formula is C23H36IN5O2. The number of hydrogen-bond acceptors (Lipinski definition) is 4. The van der Waals surface area contributed by atoms with Crippen molar-refractivity contribution in [3.8, 4) is 11.5 Å². The number of halogens is 1. The molecule has 0 aliphatic carbocycles. The number of nitrogens with zero attached hydrogens (tertiary/aromatic N) is 4. The Kier molecular flexibility index (Phi) is 10.4. The maximum Gasteiger partial charge on any atom is 0.193 e. The first kappa shape index (κ1) is 25.3. The van der Waals surface area contributed by atoms with Gasteiger partial charge >= 0.3 is 0 Å². The maximum atomic E-state index is 5.41. The lowest BCUT2D eigenvalue weighted by Crippen LogP contribution is -2.49. The number of nitrogens with one attached hydrogen (secondary N) is 1. The Labute approximate surface area is 203 Å². The number of aliphatic imine (C=N–C) groups is 1. The molecule has 2 aromatic rings. The number of imidazole rings is 1. The lowest BCUT2D eigenvalue weighted by atomic mass is 9.93. The molecule has 2 heterocycles. The van der Waals surface area contributed by atoms with Crippen molar-refractivity contribution >= 4 is 29.9 Å². The van der Waals surface area contributed by atoms with E-state index in [2.05, 4.69) is 51.9 Å². The molecule has 1 aromatic carbocycles. The highest BCUT2D eigenvalue weighted by Crippen LogP contribution is 2.28. The quantitative estimate of drug-likeness (QED) is 0.237. The van der Waals surface area contributed by atoms with Gasteiger partial charge in [0.15, 0.2) is 17.5 Å². The smallest absolute Gasteiger partial charge is 0.193 e. The van der Waals surface area contributed by atoms with Gasteiger partial charge in [-0.3, -0.25) is 4.99 Å². The maximum absolute atomic E-state index is 5.41. The van der Waals surface area contributed by atoms with Crippen LogP contribution < -0.4 is 14.8 Å². The summed E-state index contributed by atoms with van der Waals surface area (Å²) in [5.41, 5.74) is 1.24. The molecular weight excluding hydrogens is 505 g/mol. The van der Waals surface area contributed by atoms with Gasteiger partial charge in [-0.25, -0.2) is 4.98 Å². The summed E-state index contributed by atoms with van der Waals surface area (Å²) in [6, 6.07) is 6.54. The third-order valence-electron chi connectivity index (χ3n) is 5.79. The lowest BCUT2D eigenvalue weighted by Gasteiger charge is -2.39. The first-order chi connectivity index (χ1) is 14.7. The molecule has 1 aromatic heterocycles. The summed E-state index contributed by atoms with van der Waals surface area (Å²) >= 11 is 0. The summed E-state index contributed by atoms with van der Waals surface area (Å²) in [7, 11) is 3.33. The Morgan fingerprint density at radius 3 is 2.74 bits per heavy atom. The van der Waals surface area contributed by atoms with E-state index in [1.165, 1.54) is 5.56 Å². The second kappa shape index (κ2) is 12.8. The molecule has 1 fully saturated rings. The average Bonchev–Trinajstić information content (AvgIpc) is 3.31. The van der Waals surface area contributed by atoms with Crippen LogP contribution in [-0.2, 0) is 6.42 Å². The fourth-order valence-corrected chi connectivity index (χ4v) is 4.03. The van der Waals surface area contributed by atoms with Crippen LogP contribution in [0.5, 0.6) is 11.5 Å². The first-order valence-corrected chi connectivity index (χ1v) is 10.9. The zero-order chi connectivity index (χ0) is 21.3. The van der Waals surface area contributed by atoms with E-state index >= 15 is 0 Å². The minimum absolute atomic E-state index is 0. The zero-order valence-electron chi connectivity index (χ0n) is 19.1. The van der Waals surface area contributed by atoms with E-state index in [0.717, 1.165) is 62.9 Å². The topological polar surface area (TPSA) is 63.9 Å². The van der Waals surface area contributed by atoms with Crippen LogP contribution >= 0.6 is 24.0 Å². The third kappa shape index (κ3) is 6.75. The van der Waals surface area contributed by atoms with Gasteiger partial charge in [-0.2, -0.15) is 0 Å². The Balaban J connectivity index is 0.00000341. The predicted molar refractivity (Wildman–Crippen MR) is 136 cm³/mol. The Morgan fingerprint density at radius 1 is 1.26 bits per heavy atom. The zero-order valence-corrected chi connectivity index (χ0v) is 21.4. The average molecular weight is 541 g/mol. The number of aryl methyl sites for hydroxylation is 1. The number of benzene rings is 1. The minimum Gasteiger partial charge on any atom is -0.493 e. The van der Waals surface area contributed by atoms with Gasteiger partial charge in [0.25, 0.3) is 0 Å². The highest BCUT2D eigenvalue weighted by atomic mass is 127. The summed E-state index contributed by atoms with van der Waals surface area (Å²) in [6.45, 7) is 8.11. The monoisotopic (exact) mass is 541 g/mol. The predicted octanol–water partition coefficient (Wildman–Crippen LogP) is 4.00. The van der Waals surface area contributed by atoms with Crippen LogP contribution in [0.15, 0.2) is 41.9 Å². The summed E-state index contributed by atoms with van der Waals surface area (Å²) in [4.78, 5) is 11.5. The number of rotatable bonds is 8. The highest BCUT2D eigenvalue weighted by molar-refractivity contribution is 14.0. The van der Waals surface area contributed by atoms with Crippen molar-refractivity contribution in [2.24, 2.45) is 10.9 Å². The Morgan fingerprint density at radius 2 is 2.06 bits per heavy atom. The largest absolute Gasteiger partial charge is 0.493 e. The number of hydrogen-bond donors (Lipinski definition) is 1. The molecule has 3 rings (SSSR count). The van der Waals surface area contributed by atoms with Crippen molar-refractivity contribution in [1.29, 1.82) is 0 Å². The van der Waals surface area contributed by atoms with Crippen molar-refractivity contribution in [3.63, 3.8) is 0 Å². The molecule has 0 saturated carbocycles. The molecule has 8 heteroatoms. The molecule has 0 spiro atoms. The molecule has 7 nitrogen and oxygen atoms in total. The fraction of sp³-hybridized carbons (Fsp3) is 0.565. The van der Waals surface area contributed by atoms with Gasteiger partial charge in [0.1, 0.15) is 0 Å². The fourth-order valence-electron chi connectivity index (χ4n) is 4.03. The van der Waals surface area contributed by atoms with E-state index in [1.807, 2.05) is 18.6 Å². The van der Waals surface area contributed by atoms with Gasteiger partial charge in [-0.05, 0) is 49.8 Å². The normalized spacial score (nSPS) is 19.0. The van der Waals surface area contributed by atoms with E-state index in [1.54, 1.807) is 14.2 Å². The summed E-state index contributed by atoms with van der Waals surface area (Å²) in [5, 5.41) is 3.48. The standard InChI is InChI=1S/C23H35N5O2.HI/c1-5-25-23(27-13-10-18(2)20(16-27)28-14-12-24-17-28)26-11-6-7-19-8-9-21(29-3)22(15-19)30-4;/h8-9,12,14-15,17-18,20H,5-7,10-11,13,16H2,1-4H3,(H,25,26);1H. The van der Waals surface area contributed by atoms with Crippen molar-refractivity contribution in [3.05, 3.63) is 42.5 Å². The minimum atomic E-state index is 0. The molecule has 172 valence electrons. The number of methoxy groups -OCH3 is 2. The first-order valence-electron chi connectivity index (χ1n) is 10.9. The summed E-state index contributed by atoms with van der Waals surface area (Å²) in [5.74, 6) is 3.19. The molecule has 31 heavy (non-hydrogen) atoms. The van der Waals surface area contributed by atoms with Crippen LogP contribution in [0.3, 0.4) is 0 Å². The van der Waals surface area contributed by atoms with Crippen LogP contribution in [0, 0.1) is 5.92 Å². The molecule has 1 N–H and O–H groups in total. The molecule has 0 radical (unpaired) electrons. The lowest BCUT2D eigenvalue weighted by molar-refractivity contribution is 0.189. The van der Waals surface area contributed by atoms with Crippen LogP contribution in [0.4, 0.5) is 0 Å².